The summed E-state index contributed by atoms with van der Waals surface area (Å²) in [6.07, 6.45) is 0. The second-order valence-electron chi connectivity index (χ2n) is 5.02. The first-order valence-electron chi connectivity index (χ1n) is 7.07. The molecule has 4 nitrogen and oxygen atoms in total. The maximum absolute atomic E-state index is 12.1. The minimum absolute atomic E-state index is 0.100. The van der Waals surface area contributed by atoms with Crippen molar-refractivity contribution in [1.82, 2.24) is 5.32 Å². The fraction of sp³-hybridized carbons (Fsp3) is 0.118. The molecule has 0 bridgehead atoms. The van der Waals surface area contributed by atoms with Crippen molar-refractivity contribution in [3.05, 3.63) is 75.1 Å². The van der Waals surface area contributed by atoms with Gasteiger partial charge in [-0.1, -0.05) is 24.3 Å². The number of para-hydroxylation sites is 1. The number of benzene rings is 1. The maximum Gasteiger partial charge on any atom is 0.319 e. The van der Waals surface area contributed by atoms with Gasteiger partial charge in [0.05, 0.1) is 6.54 Å². The minimum atomic E-state index is -1.22. The Bertz CT molecular complexity index is 706. The molecule has 0 fully saturated rings. The molecule has 0 aliphatic heterocycles. The first-order valence-corrected chi connectivity index (χ1v) is 8.90. The zero-order valence-corrected chi connectivity index (χ0v) is 13.9. The Morgan fingerprint density at radius 1 is 1.09 bits per heavy atom. The molecular weight excluding hydrogens is 328 g/mol. The fourth-order valence-corrected chi connectivity index (χ4v) is 3.82. The molecule has 3 rings (SSSR count). The highest BCUT2D eigenvalue weighted by molar-refractivity contribution is 7.10. The van der Waals surface area contributed by atoms with Crippen molar-refractivity contribution in [3.63, 3.8) is 0 Å². The molecule has 1 unspecified atom stereocenters. The molecule has 118 valence electrons. The Labute approximate surface area is 142 Å². The number of thiophene rings is 2. The van der Waals surface area contributed by atoms with E-state index in [4.69, 9.17) is 0 Å². The average Bonchev–Trinajstić information content (AvgIpc) is 3.27. The Hall–Kier alpha value is -2.15. The van der Waals surface area contributed by atoms with Gasteiger partial charge in [-0.05, 0) is 40.4 Å². The summed E-state index contributed by atoms with van der Waals surface area (Å²) in [5.74, 6) is 0. The summed E-state index contributed by atoms with van der Waals surface area (Å²) in [5.41, 5.74) is 0.271. The molecule has 0 aliphatic carbocycles. The standard InChI is InChI=1S/C17H16N2O2S2/c20-16(19-14-5-2-1-3-6-14)18-12-17(21,13-8-10-22-11-13)15-7-4-9-23-15/h1-11,21H,12H2,(H2,18,19,20). The molecule has 2 heterocycles. The number of hydrogen-bond acceptors (Lipinski definition) is 4. The van der Waals surface area contributed by atoms with E-state index in [9.17, 15) is 9.90 Å². The SMILES string of the molecule is O=C(NCC(O)(c1ccsc1)c1cccs1)Nc1ccccc1. The summed E-state index contributed by atoms with van der Waals surface area (Å²) in [5, 5.41) is 22.4. The van der Waals surface area contributed by atoms with Crippen molar-refractivity contribution in [3.8, 4) is 0 Å². The largest absolute Gasteiger partial charge is 0.378 e. The van der Waals surface area contributed by atoms with Gasteiger partial charge in [-0.25, -0.2) is 4.79 Å². The molecule has 3 N–H and O–H groups in total. The topological polar surface area (TPSA) is 61.4 Å². The molecule has 2 aromatic heterocycles. The molecule has 1 atom stereocenters. The van der Waals surface area contributed by atoms with Crippen LogP contribution in [0.15, 0.2) is 64.7 Å². The van der Waals surface area contributed by atoms with E-state index in [0.717, 1.165) is 10.4 Å². The summed E-state index contributed by atoms with van der Waals surface area (Å²) in [4.78, 5) is 12.9. The molecule has 0 radical (unpaired) electrons. The number of amides is 2. The monoisotopic (exact) mass is 344 g/mol. The van der Waals surface area contributed by atoms with Crippen LogP contribution in [0.25, 0.3) is 0 Å². The van der Waals surface area contributed by atoms with Crippen LogP contribution in [-0.2, 0) is 5.60 Å². The van der Waals surface area contributed by atoms with E-state index in [1.807, 2.05) is 64.7 Å². The van der Waals surface area contributed by atoms with Crippen molar-refractivity contribution in [2.75, 3.05) is 11.9 Å². The molecule has 0 spiro atoms. The predicted octanol–water partition coefficient (Wildman–Crippen LogP) is 3.87. The molecular formula is C17H16N2O2S2. The third-order valence-corrected chi connectivity index (χ3v) is 5.17. The smallest absolute Gasteiger partial charge is 0.319 e. The molecule has 6 heteroatoms. The van der Waals surface area contributed by atoms with Gasteiger partial charge in [-0.15, -0.1) is 11.3 Å². The summed E-state index contributed by atoms with van der Waals surface area (Å²) in [6.45, 7) is 0.100. The van der Waals surface area contributed by atoms with E-state index in [2.05, 4.69) is 10.6 Å². The zero-order chi connectivity index (χ0) is 16.1. The van der Waals surface area contributed by atoms with Crippen LogP contribution in [0.5, 0.6) is 0 Å². The second kappa shape index (κ2) is 6.95. The van der Waals surface area contributed by atoms with Crippen LogP contribution in [0.3, 0.4) is 0 Å². The third kappa shape index (κ3) is 3.61. The van der Waals surface area contributed by atoms with Crippen LogP contribution in [0.1, 0.15) is 10.4 Å². The number of carbonyl (C=O) groups excluding carboxylic acids is 1. The molecule has 0 saturated heterocycles. The van der Waals surface area contributed by atoms with E-state index in [-0.39, 0.29) is 12.6 Å². The van der Waals surface area contributed by atoms with E-state index < -0.39 is 5.60 Å². The first-order chi connectivity index (χ1) is 11.2. The number of aliphatic hydroxyl groups is 1. The summed E-state index contributed by atoms with van der Waals surface area (Å²) >= 11 is 2.98. The first kappa shape index (κ1) is 15.7. The van der Waals surface area contributed by atoms with Gasteiger partial charge < -0.3 is 15.7 Å². The van der Waals surface area contributed by atoms with Gasteiger partial charge >= 0.3 is 6.03 Å². The lowest BCUT2D eigenvalue weighted by molar-refractivity contribution is 0.0871. The molecule has 3 aromatic rings. The van der Waals surface area contributed by atoms with Crippen molar-refractivity contribution in [2.24, 2.45) is 0 Å². The number of urea groups is 1. The fourth-order valence-electron chi connectivity index (χ4n) is 2.25. The number of anilines is 1. The number of carbonyl (C=O) groups is 1. The van der Waals surface area contributed by atoms with Gasteiger partial charge in [0.25, 0.3) is 0 Å². The Balaban J connectivity index is 1.72. The van der Waals surface area contributed by atoms with Crippen LogP contribution >= 0.6 is 22.7 Å². The molecule has 0 saturated carbocycles. The van der Waals surface area contributed by atoms with Crippen molar-refractivity contribution >= 4 is 34.4 Å². The third-order valence-electron chi connectivity index (χ3n) is 3.46. The number of nitrogens with one attached hydrogen (secondary N) is 2. The van der Waals surface area contributed by atoms with E-state index >= 15 is 0 Å². The Morgan fingerprint density at radius 3 is 2.57 bits per heavy atom. The number of hydrogen-bond donors (Lipinski definition) is 3. The van der Waals surface area contributed by atoms with Gasteiger partial charge in [-0.2, -0.15) is 11.3 Å². The minimum Gasteiger partial charge on any atom is -0.378 e. The zero-order valence-electron chi connectivity index (χ0n) is 12.2. The van der Waals surface area contributed by atoms with Gasteiger partial charge in [0, 0.05) is 16.1 Å². The highest BCUT2D eigenvalue weighted by Crippen LogP contribution is 2.33. The van der Waals surface area contributed by atoms with Gasteiger partial charge in [0.1, 0.15) is 5.60 Å². The van der Waals surface area contributed by atoms with E-state index in [1.165, 1.54) is 22.7 Å². The average molecular weight is 344 g/mol. The highest BCUT2D eigenvalue weighted by atomic mass is 32.1. The van der Waals surface area contributed by atoms with Gasteiger partial charge in [0.15, 0.2) is 0 Å². The normalized spacial score (nSPS) is 13.3. The summed E-state index contributed by atoms with van der Waals surface area (Å²) < 4.78 is 0. The molecule has 2 amide bonds. The van der Waals surface area contributed by atoms with Gasteiger partial charge in [0.2, 0.25) is 0 Å². The lowest BCUT2D eigenvalue weighted by atomic mass is 9.94. The van der Waals surface area contributed by atoms with Crippen LogP contribution in [-0.4, -0.2) is 17.7 Å². The molecule has 23 heavy (non-hydrogen) atoms. The quantitative estimate of drug-likeness (QED) is 0.658. The summed E-state index contributed by atoms with van der Waals surface area (Å²) in [7, 11) is 0. The van der Waals surface area contributed by atoms with Crippen molar-refractivity contribution in [1.29, 1.82) is 0 Å². The van der Waals surface area contributed by atoms with E-state index in [1.54, 1.807) is 0 Å². The number of rotatable bonds is 5. The Kier molecular flexibility index (Phi) is 4.76. The predicted molar refractivity (Wildman–Crippen MR) is 95.1 cm³/mol. The second-order valence-corrected chi connectivity index (χ2v) is 6.75. The van der Waals surface area contributed by atoms with Gasteiger partial charge in [-0.3, -0.25) is 0 Å². The maximum atomic E-state index is 12.1. The van der Waals surface area contributed by atoms with Crippen molar-refractivity contribution < 1.29 is 9.90 Å². The molecule has 0 aliphatic rings. The molecule has 1 aromatic carbocycles. The van der Waals surface area contributed by atoms with Crippen molar-refractivity contribution in [2.45, 2.75) is 5.60 Å². The highest BCUT2D eigenvalue weighted by Gasteiger charge is 2.33. The van der Waals surface area contributed by atoms with Crippen LogP contribution in [0.4, 0.5) is 10.5 Å². The van der Waals surface area contributed by atoms with Crippen LogP contribution < -0.4 is 10.6 Å². The van der Waals surface area contributed by atoms with Crippen LogP contribution in [0.2, 0.25) is 0 Å². The lowest BCUT2D eigenvalue weighted by Crippen LogP contribution is -2.42. The van der Waals surface area contributed by atoms with Crippen LogP contribution in [0, 0.1) is 0 Å². The summed E-state index contributed by atoms with van der Waals surface area (Å²) in [6, 6.07) is 14.5. The van der Waals surface area contributed by atoms with E-state index in [0.29, 0.717) is 5.69 Å². The Morgan fingerprint density at radius 2 is 1.91 bits per heavy atom. The lowest BCUT2D eigenvalue weighted by Gasteiger charge is -2.27.